The quantitative estimate of drug-likeness (QED) is 0.730. The maximum Gasteiger partial charge on any atom is 0.333 e. The third-order valence-electron chi connectivity index (χ3n) is 4.51. The molecule has 1 amide bonds. The van der Waals surface area contributed by atoms with E-state index < -0.39 is 23.2 Å². The fourth-order valence-electron chi connectivity index (χ4n) is 2.77. The highest BCUT2D eigenvalue weighted by Gasteiger charge is 2.36. The van der Waals surface area contributed by atoms with E-state index in [1.54, 1.807) is 6.07 Å². The zero-order valence-electron chi connectivity index (χ0n) is 15.5. The highest BCUT2D eigenvalue weighted by Crippen LogP contribution is 2.22. The second-order valence-corrected chi connectivity index (χ2v) is 6.73. The summed E-state index contributed by atoms with van der Waals surface area (Å²) in [4.78, 5) is 36.4. The summed E-state index contributed by atoms with van der Waals surface area (Å²) < 4.78 is 13.1. The van der Waals surface area contributed by atoms with Crippen molar-refractivity contribution in [3.05, 3.63) is 70.5 Å². The van der Waals surface area contributed by atoms with Gasteiger partial charge in [0.05, 0.1) is 0 Å². The minimum Gasteiger partial charge on any atom is -0.479 e. The van der Waals surface area contributed by atoms with E-state index in [-0.39, 0.29) is 24.2 Å². The second kappa shape index (κ2) is 8.12. The van der Waals surface area contributed by atoms with E-state index in [0.717, 1.165) is 23.3 Å². The number of benzene rings is 2. The van der Waals surface area contributed by atoms with Gasteiger partial charge in [0, 0.05) is 18.4 Å². The van der Waals surface area contributed by atoms with E-state index in [2.05, 4.69) is 5.32 Å². The molecule has 0 aliphatic heterocycles. The third-order valence-corrected chi connectivity index (χ3v) is 4.51. The molecule has 0 saturated heterocycles. The molecule has 27 heavy (non-hydrogen) atoms. The molecule has 0 fully saturated rings. The van der Waals surface area contributed by atoms with Crippen LogP contribution >= 0.6 is 0 Å². The molecule has 0 aromatic heterocycles. The standard InChI is InChI=1S/C21H22FNO4/c1-13-4-5-14(2)17(12-13)18(24)10-11-19(25)23-21(3,20(26)27)15-6-8-16(22)9-7-15/h4-9,12H,10-11H2,1-3H3,(H,23,25)(H,26,27). The van der Waals surface area contributed by atoms with Crippen LogP contribution in [0.2, 0.25) is 0 Å². The smallest absolute Gasteiger partial charge is 0.333 e. The number of ketones is 1. The average Bonchev–Trinajstić information content (AvgIpc) is 2.62. The zero-order chi connectivity index (χ0) is 20.2. The van der Waals surface area contributed by atoms with Crippen molar-refractivity contribution in [1.29, 1.82) is 0 Å². The number of hydrogen-bond acceptors (Lipinski definition) is 3. The largest absolute Gasteiger partial charge is 0.479 e. The first kappa shape index (κ1) is 20.3. The monoisotopic (exact) mass is 371 g/mol. The lowest BCUT2D eigenvalue weighted by molar-refractivity contribution is -0.147. The molecular formula is C21H22FNO4. The fraction of sp³-hybridized carbons (Fsp3) is 0.286. The van der Waals surface area contributed by atoms with Crippen LogP contribution in [0, 0.1) is 19.7 Å². The molecule has 5 nitrogen and oxygen atoms in total. The number of carbonyl (C=O) groups excluding carboxylic acids is 2. The summed E-state index contributed by atoms with van der Waals surface area (Å²) in [5.74, 6) is -2.52. The maximum absolute atomic E-state index is 13.1. The lowest BCUT2D eigenvalue weighted by Gasteiger charge is -2.26. The molecule has 0 spiro atoms. The van der Waals surface area contributed by atoms with Gasteiger partial charge in [0.25, 0.3) is 0 Å². The molecule has 142 valence electrons. The molecular weight excluding hydrogens is 349 g/mol. The molecule has 2 rings (SSSR count). The Morgan fingerprint density at radius 1 is 1.04 bits per heavy atom. The summed E-state index contributed by atoms with van der Waals surface area (Å²) in [5, 5.41) is 12.0. The predicted molar refractivity (Wildman–Crippen MR) is 99.0 cm³/mol. The Bertz CT molecular complexity index is 876. The van der Waals surface area contributed by atoms with Gasteiger partial charge in [0.1, 0.15) is 5.82 Å². The van der Waals surface area contributed by atoms with Gasteiger partial charge in [0.2, 0.25) is 5.91 Å². The third kappa shape index (κ3) is 4.78. The van der Waals surface area contributed by atoms with Crippen molar-refractivity contribution in [3.63, 3.8) is 0 Å². The van der Waals surface area contributed by atoms with Crippen molar-refractivity contribution in [2.24, 2.45) is 0 Å². The molecule has 2 N–H and O–H groups in total. The van der Waals surface area contributed by atoms with E-state index in [4.69, 9.17) is 0 Å². The number of carboxylic acid groups (broad SMARTS) is 1. The van der Waals surface area contributed by atoms with Crippen LogP contribution in [0.15, 0.2) is 42.5 Å². The van der Waals surface area contributed by atoms with Gasteiger partial charge in [0.15, 0.2) is 11.3 Å². The van der Waals surface area contributed by atoms with E-state index in [1.165, 1.54) is 19.1 Å². The Labute approximate surface area is 157 Å². The van der Waals surface area contributed by atoms with Crippen molar-refractivity contribution < 1.29 is 23.9 Å². The first-order chi connectivity index (χ1) is 12.6. The minimum absolute atomic E-state index is 0.0325. The molecule has 0 bridgehead atoms. The van der Waals surface area contributed by atoms with Crippen molar-refractivity contribution in [3.8, 4) is 0 Å². The van der Waals surface area contributed by atoms with Gasteiger partial charge in [-0.05, 0) is 50.1 Å². The van der Waals surface area contributed by atoms with Crippen LogP contribution in [-0.2, 0) is 15.1 Å². The van der Waals surface area contributed by atoms with Gasteiger partial charge in [-0.1, -0.05) is 29.8 Å². The molecule has 0 radical (unpaired) electrons. The first-order valence-electron chi connectivity index (χ1n) is 8.54. The summed E-state index contributed by atoms with van der Waals surface area (Å²) in [7, 11) is 0. The van der Waals surface area contributed by atoms with Crippen LogP contribution in [0.1, 0.15) is 46.8 Å². The molecule has 2 aromatic carbocycles. The minimum atomic E-state index is -1.72. The molecule has 0 saturated carbocycles. The second-order valence-electron chi connectivity index (χ2n) is 6.73. The van der Waals surface area contributed by atoms with Crippen LogP contribution in [0.3, 0.4) is 0 Å². The van der Waals surface area contributed by atoms with Crippen LogP contribution in [0.5, 0.6) is 0 Å². The Morgan fingerprint density at radius 2 is 1.67 bits per heavy atom. The maximum atomic E-state index is 13.1. The Balaban J connectivity index is 2.08. The number of amides is 1. The number of halogens is 1. The first-order valence-corrected chi connectivity index (χ1v) is 8.54. The SMILES string of the molecule is Cc1ccc(C)c(C(=O)CCC(=O)NC(C)(C(=O)O)c2ccc(F)cc2)c1. The van der Waals surface area contributed by atoms with E-state index in [1.807, 2.05) is 26.0 Å². The summed E-state index contributed by atoms with van der Waals surface area (Å²) >= 11 is 0. The summed E-state index contributed by atoms with van der Waals surface area (Å²) in [6.45, 7) is 5.03. The number of carboxylic acids is 1. The molecule has 0 heterocycles. The molecule has 2 aromatic rings. The Kier molecular flexibility index (Phi) is 6.10. The van der Waals surface area contributed by atoms with E-state index in [9.17, 15) is 23.9 Å². The number of carbonyl (C=O) groups is 3. The number of Topliss-reactive ketones (excluding diaryl/α,β-unsaturated/α-hetero) is 1. The fourth-order valence-corrected chi connectivity index (χ4v) is 2.77. The molecule has 6 heteroatoms. The lowest BCUT2D eigenvalue weighted by Crippen LogP contribution is -2.49. The van der Waals surface area contributed by atoms with Crippen molar-refractivity contribution >= 4 is 17.7 Å². The van der Waals surface area contributed by atoms with Gasteiger partial charge in [-0.25, -0.2) is 9.18 Å². The van der Waals surface area contributed by atoms with Crippen LogP contribution in [-0.4, -0.2) is 22.8 Å². The summed E-state index contributed by atoms with van der Waals surface area (Å²) in [5.41, 5.74) is 0.858. The van der Waals surface area contributed by atoms with Crippen molar-refractivity contribution in [1.82, 2.24) is 5.32 Å². The summed E-state index contributed by atoms with van der Waals surface area (Å²) in [6.07, 6.45) is -0.175. The van der Waals surface area contributed by atoms with E-state index in [0.29, 0.717) is 5.56 Å². The van der Waals surface area contributed by atoms with Gasteiger partial charge >= 0.3 is 5.97 Å². The van der Waals surface area contributed by atoms with Crippen LogP contribution in [0.25, 0.3) is 0 Å². The number of rotatable bonds is 7. The lowest BCUT2D eigenvalue weighted by atomic mass is 9.91. The number of aryl methyl sites for hydroxylation is 2. The average molecular weight is 371 g/mol. The van der Waals surface area contributed by atoms with Gasteiger partial charge in [-0.15, -0.1) is 0 Å². The zero-order valence-corrected chi connectivity index (χ0v) is 15.5. The normalized spacial score (nSPS) is 12.9. The van der Waals surface area contributed by atoms with Gasteiger partial charge in [-0.3, -0.25) is 9.59 Å². The number of aliphatic carboxylic acids is 1. The van der Waals surface area contributed by atoms with Gasteiger partial charge in [-0.2, -0.15) is 0 Å². The van der Waals surface area contributed by atoms with Crippen LogP contribution < -0.4 is 5.32 Å². The number of nitrogens with one attached hydrogen (secondary N) is 1. The highest BCUT2D eigenvalue weighted by atomic mass is 19.1. The summed E-state index contributed by atoms with van der Waals surface area (Å²) in [6, 6.07) is 10.4. The van der Waals surface area contributed by atoms with E-state index >= 15 is 0 Å². The topological polar surface area (TPSA) is 83.5 Å². The van der Waals surface area contributed by atoms with Crippen molar-refractivity contribution in [2.75, 3.05) is 0 Å². The van der Waals surface area contributed by atoms with Crippen LogP contribution in [0.4, 0.5) is 4.39 Å². The molecule has 0 aliphatic carbocycles. The molecule has 1 atom stereocenters. The van der Waals surface area contributed by atoms with Gasteiger partial charge < -0.3 is 10.4 Å². The number of hydrogen-bond donors (Lipinski definition) is 2. The van der Waals surface area contributed by atoms with Crippen molar-refractivity contribution in [2.45, 2.75) is 39.2 Å². The Hall–Kier alpha value is -3.02. The molecule has 1 unspecified atom stereocenters. The molecule has 0 aliphatic rings. The predicted octanol–water partition coefficient (Wildman–Crippen LogP) is 3.52. The highest BCUT2D eigenvalue weighted by molar-refractivity contribution is 5.99. The Morgan fingerprint density at radius 3 is 2.26 bits per heavy atom.